The second-order valence-corrected chi connectivity index (χ2v) is 6.79. The summed E-state index contributed by atoms with van der Waals surface area (Å²) in [5, 5.41) is 0. The van der Waals surface area contributed by atoms with Gasteiger partial charge in [-0.05, 0) is 30.3 Å². The number of rotatable bonds is 1. The summed E-state index contributed by atoms with van der Waals surface area (Å²) in [7, 11) is 3.97. The van der Waals surface area contributed by atoms with Crippen LogP contribution in [0.2, 0.25) is 0 Å². The van der Waals surface area contributed by atoms with Crippen LogP contribution in [0.1, 0.15) is 27.0 Å². The Kier molecular flexibility index (Phi) is 2.95. The molecule has 2 aliphatic heterocycles. The summed E-state index contributed by atoms with van der Waals surface area (Å²) in [4.78, 5) is 14.8. The van der Waals surface area contributed by atoms with Gasteiger partial charge in [0.1, 0.15) is 11.5 Å². The van der Waals surface area contributed by atoms with Gasteiger partial charge in [0.2, 0.25) is 0 Å². The molecule has 3 aromatic rings. The molecule has 0 unspecified atom stereocenters. The second-order valence-electron chi connectivity index (χ2n) is 6.79. The molecule has 2 aliphatic rings. The van der Waals surface area contributed by atoms with Crippen molar-refractivity contribution in [2.24, 2.45) is 0 Å². The van der Waals surface area contributed by atoms with Crippen LogP contribution in [0, 0.1) is 0 Å². The Morgan fingerprint density at radius 1 is 0.808 bits per heavy atom. The highest BCUT2D eigenvalue weighted by atomic mass is 16.6. The molecule has 0 N–H and O–H groups in total. The molecule has 2 heterocycles. The number of fused-ring (bicyclic) bond motifs is 6. The molecule has 0 bridgehead atoms. The fourth-order valence-electron chi connectivity index (χ4n) is 3.89. The van der Waals surface area contributed by atoms with Crippen LogP contribution < -0.4 is 9.64 Å². The summed E-state index contributed by atoms with van der Waals surface area (Å²) < 4.78 is 12.2. The fourth-order valence-corrected chi connectivity index (χ4v) is 3.89. The zero-order valence-corrected chi connectivity index (χ0v) is 14.5. The molecule has 4 heteroatoms. The smallest absolute Gasteiger partial charge is 0.340 e. The van der Waals surface area contributed by atoms with Crippen molar-refractivity contribution < 1.29 is 14.3 Å². The molecule has 0 saturated heterocycles. The number of hydrogen-bond acceptors (Lipinski definition) is 4. The van der Waals surface area contributed by atoms with E-state index in [4.69, 9.17) is 9.47 Å². The van der Waals surface area contributed by atoms with Gasteiger partial charge >= 0.3 is 5.97 Å². The van der Waals surface area contributed by atoms with Crippen molar-refractivity contribution in [1.29, 1.82) is 0 Å². The molecule has 0 atom stereocenters. The average molecular weight is 343 g/mol. The van der Waals surface area contributed by atoms with E-state index in [1.165, 1.54) is 0 Å². The van der Waals surface area contributed by atoms with Crippen LogP contribution >= 0.6 is 0 Å². The van der Waals surface area contributed by atoms with Gasteiger partial charge in [0.15, 0.2) is 5.60 Å². The quantitative estimate of drug-likeness (QED) is 0.617. The van der Waals surface area contributed by atoms with Gasteiger partial charge in [-0.2, -0.15) is 0 Å². The van der Waals surface area contributed by atoms with E-state index in [-0.39, 0.29) is 5.97 Å². The summed E-state index contributed by atoms with van der Waals surface area (Å²) in [5.74, 6) is 1.11. The van der Waals surface area contributed by atoms with E-state index < -0.39 is 5.60 Å². The normalized spacial score (nSPS) is 15.5. The molecule has 0 fully saturated rings. The van der Waals surface area contributed by atoms with Gasteiger partial charge in [-0.3, -0.25) is 0 Å². The van der Waals surface area contributed by atoms with Crippen LogP contribution in [0.25, 0.3) is 0 Å². The van der Waals surface area contributed by atoms with Crippen LogP contribution in [-0.4, -0.2) is 20.1 Å². The first-order valence-corrected chi connectivity index (χ1v) is 8.53. The van der Waals surface area contributed by atoms with Crippen molar-refractivity contribution in [2.45, 2.75) is 5.60 Å². The molecule has 3 aromatic carbocycles. The van der Waals surface area contributed by atoms with Gasteiger partial charge in [-0.15, -0.1) is 0 Å². The number of carbonyl (C=O) groups is 1. The lowest BCUT2D eigenvalue weighted by atomic mass is 9.77. The molecule has 5 rings (SSSR count). The number of esters is 1. The molecule has 0 aliphatic carbocycles. The van der Waals surface area contributed by atoms with E-state index in [9.17, 15) is 4.79 Å². The molecule has 4 nitrogen and oxygen atoms in total. The summed E-state index contributed by atoms with van der Waals surface area (Å²) in [5.41, 5.74) is 3.19. The second kappa shape index (κ2) is 5.11. The molecule has 0 amide bonds. The number of benzene rings is 3. The number of hydrogen-bond donors (Lipinski definition) is 0. The first-order valence-electron chi connectivity index (χ1n) is 8.53. The molecule has 0 radical (unpaired) electrons. The molecule has 1 spiro atoms. The Hall–Kier alpha value is -3.27. The molecule has 128 valence electrons. The minimum Gasteiger partial charge on any atom is -0.456 e. The lowest BCUT2D eigenvalue weighted by molar-refractivity contribution is 0.0224. The lowest BCUT2D eigenvalue weighted by Gasteiger charge is -2.36. The van der Waals surface area contributed by atoms with Crippen LogP contribution in [0.3, 0.4) is 0 Å². The van der Waals surface area contributed by atoms with E-state index in [1.54, 1.807) is 0 Å². The maximum atomic E-state index is 12.8. The van der Waals surface area contributed by atoms with E-state index in [0.717, 1.165) is 22.4 Å². The van der Waals surface area contributed by atoms with Crippen LogP contribution in [-0.2, 0) is 10.3 Å². The van der Waals surface area contributed by atoms with Crippen LogP contribution in [0.4, 0.5) is 5.69 Å². The van der Waals surface area contributed by atoms with E-state index >= 15 is 0 Å². The zero-order valence-electron chi connectivity index (χ0n) is 14.5. The Morgan fingerprint density at radius 2 is 1.42 bits per heavy atom. The first-order chi connectivity index (χ1) is 12.6. The first kappa shape index (κ1) is 15.0. The number of ether oxygens (including phenoxy) is 2. The third-order valence-corrected chi connectivity index (χ3v) is 5.12. The molecule has 26 heavy (non-hydrogen) atoms. The summed E-state index contributed by atoms with van der Waals surface area (Å²) >= 11 is 0. The standard InChI is InChI=1S/C22H17NO3/c1-23(2)14-11-12-15-18(13-14)22(26-21(15)24)16-7-3-5-9-19(16)25-20-10-6-4-8-17(20)22/h3-13H,1-2H3. The van der Waals surface area contributed by atoms with Crippen molar-refractivity contribution in [1.82, 2.24) is 0 Å². The van der Waals surface area contributed by atoms with Crippen molar-refractivity contribution in [3.05, 3.63) is 89.0 Å². The monoisotopic (exact) mass is 343 g/mol. The van der Waals surface area contributed by atoms with Gasteiger partial charge < -0.3 is 14.4 Å². The number of nitrogens with zero attached hydrogens (tertiary/aromatic N) is 1. The van der Waals surface area contributed by atoms with Gasteiger partial charge in [0.25, 0.3) is 0 Å². The third-order valence-electron chi connectivity index (χ3n) is 5.12. The topological polar surface area (TPSA) is 38.8 Å². The Bertz CT molecular complexity index is 1010. The van der Waals surface area contributed by atoms with E-state index in [1.807, 2.05) is 85.7 Å². The highest BCUT2D eigenvalue weighted by molar-refractivity contribution is 5.97. The predicted molar refractivity (Wildman–Crippen MR) is 99.0 cm³/mol. The summed E-state index contributed by atoms with van der Waals surface area (Å²) in [6, 6.07) is 21.3. The zero-order chi connectivity index (χ0) is 17.9. The molecular formula is C22H17NO3. The largest absolute Gasteiger partial charge is 0.456 e. The van der Waals surface area contributed by atoms with Gasteiger partial charge in [0, 0.05) is 36.5 Å². The highest BCUT2D eigenvalue weighted by Crippen LogP contribution is 2.56. The maximum Gasteiger partial charge on any atom is 0.340 e. The summed E-state index contributed by atoms with van der Waals surface area (Å²) in [6.07, 6.45) is 0. The number of para-hydroxylation sites is 2. The Balaban J connectivity index is 1.89. The fraction of sp³-hybridized carbons (Fsp3) is 0.136. The summed E-state index contributed by atoms with van der Waals surface area (Å²) in [6.45, 7) is 0. The Labute approximate surface area is 151 Å². The minimum atomic E-state index is -0.982. The highest BCUT2D eigenvalue weighted by Gasteiger charge is 2.53. The van der Waals surface area contributed by atoms with Gasteiger partial charge in [-0.1, -0.05) is 36.4 Å². The van der Waals surface area contributed by atoms with Crippen molar-refractivity contribution in [3.63, 3.8) is 0 Å². The lowest BCUT2D eigenvalue weighted by Crippen LogP contribution is -2.33. The van der Waals surface area contributed by atoms with Gasteiger partial charge in [-0.25, -0.2) is 4.79 Å². The van der Waals surface area contributed by atoms with E-state index in [0.29, 0.717) is 17.1 Å². The van der Waals surface area contributed by atoms with Crippen LogP contribution in [0.5, 0.6) is 11.5 Å². The van der Waals surface area contributed by atoms with Crippen LogP contribution in [0.15, 0.2) is 66.7 Å². The van der Waals surface area contributed by atoms with Crippen molar-refractivity contribution in [2.75, 3.05) is 19.0 Å². The molecular weight excluding hydrogens is 326 g/mol. The maximum absolute atomic E-state index is 12.8. The van der Waals surface area contributed by atoms with Crippen molar-refractivity contribution in [3.8, 4) is 11.5 Å². The molecule has 0 saturated carbocycles. The van der Waals surface area contributed by atoms with Crippen molar-refractivity contribution >= 4 is 11.7 Å². The number of carbonyl (C=O) groups excluding carboxylic acids is 1. The predicted octanol–water partition coefficient (Wildman–Crippen LogP) is 4.32. The SMILES string of the molecule is CN(C)c1ccc2c(c1)C1(OC2=O)c2ccccc2Oc2ccccc21. The van der Waals surface area contributed by atoms with Gasteiger partial charge in [0.05, 0.1) is 5.56 Å². The van der Waals surface area contributed by atoms with E-state index in [2.05, 4.69) is 0 Å². The average Bonchev–Trinajstić information content (AvgIpc) is 2.95. The third kappa shape index (κ3) is 1.81. The number of anilines is 1. The molecule has 0 aromatic heterocycles. The Morgan fingerprint density at radius 3 is 2.04 bits per heavy atom. The minimum absolute atomic E-state index is 0.309.